The molecule has 6 heteroatoms. The van der Waals surface area contributed by atoms with Gasteiger partial charge in [0.15, 0.2) is 6.29 Å². The highest BCUT2D eigenvalue weighted by Crippen LogP contribution is 2.31. The largest absolute Gasteiger partial charge is 0.366 e. The number of carbonyl (C=O) groups excluding carboxylic acids is 2. The Labute approximate surface area is 116 Å². The first-order valence-corrected chi connectivity index (χ1v) is 6.61. The monoisotopic (exact) mass is 279 g/mol. The number of rotatable bonds is 2. The summed E-state index contributed by atoms with van der Waals surface area (Å²) in [5, 5.41) is 3.41. The minimum absolute atomic E-state index is 0.000538. The highest BCUT2D eigenvalue weighted by Gasteiger charge is 2.36. The van der Waals surface area contributed by atoms with Gasteiger partial charge in [0.1, 0.15) is 0 Å². The number of hydrogen-bond donors (Lipinski definition) is 1. The Bertz CT molecular complexity index is 535. The van der Waals surface area contributed by atoms with Gasteiger partial charge in [-0.2, -0.15) is 0 Å². The lowest BCUT2D eigenvalue weighted by Crippen LogP contribution is -2.52. The van der Waals surface area contributed by atoms with E-state index < -0.39 is 0 Å². The van der Waals surface area contributed by atoms with Gasteiger partial charge in [-0.15, -0.1) is 0 Å². The second-order valence-electron chi connectivity index (χ2n) is 4.77. The first kappa shape index (κ1) is 12.3. The number of nitrogens with zero attached hydrogens (tertiary/aromatic N) is 2. The summed E-state index contributed by atoms with van der Waals surface area (Å²) in [4.78, 5) is 26.6. The predicted octanol–water partition coefficient (Wildman–Crippen LogP) is 1.37. The zero-order valence-corrected chi connectivity index (χ0v) is 11.1. The van der Waals surface area contributed by atoms with Crippen molar-refractivity contribution in [2.24, 2.45) is 0 Å². The number of benzene rings is 1. The molecule has 1 aromatic carbocycles. The molecule has 0 aromatic heterocycles. The van der Waals surface area contributed by atoms with Crippen molar-refractivity contribution in [1.82, 2.24) is 10.2 Å². The average molecular weight is 280 g/mol. The van der Waals surface area contributed by atoms with Crippen molar-refractivity contribution in [3.8, 4) is 0 Å². The summed E-state index contributed by atoms with van der Waals surface area (Å²) in [6, 6.07) is 5.47. The second-order valence-corrected chi connectivity index (χ2v) is 5.18. The van der Waals surface area contributed by atoms with E-state index in [1.54, 1.807) is 18.2 Å². The first-order valence-electron chi connectivity index (χ1n) is 6.24. The van der Waals surface area contributed by atoms with Crippen LogP contribution in [0.2, 0.25) is 5.02 Å². The lowest BCUT2D eigenvalue weighted by Gasteiger charge is -2.38. The average Bonchev–Trinajstić information content (AvgIpc) is 2.79. The number of anilines is 1. The Morgan fingerprint density at radius 3 is 3.00 bits per heavy atom. The zero-order chi connectivity index (χ0) is 13.4. The number of para-hydroxylation sites is 1. The van der Waals surface area contributed by atoms with Crippen LogP contribution in [0.15, 0.2) is 18.2 Å². The number of amides is 2. The molecule has 2 aliphatic rings. The van der Waals surface area contributed by atoms with Crippen LogP contribution < -0.4 is 10.2 Å². The quantitative estimate of drug-likeness (QED) is 0.832. The Kier molecular flexibility index (Phi) is 3.06. The van der Waals surface area contributed by atoms with E-state index in [1.807, 2.05) is 4.90 Å². The molecular weight excluding hydrogens is 266 g/mol. The van der Waals surface area contributed by atoms with Gasteiger partial charge in [0.25, 0.3) is 0 Å². The van der Waals surface area contributed by atoms with E-state index in [1.165, 1.54) is 0 Å². The van der Waals surface area contributed by atoms with E-state index in [0.29, 0.717) is 36.8 Å². The second kappa shape index (κ2) is 4.74. The summed E-state index contributed by atoms with van der Waals surface area (Å²) in [7, 11) is 0. The molecule has 1 aromatic rings. The van der Waals surface area contributed by atoms with Crippen LogP contribution in [-0.2, 0) is 0 Å². The van der Waals surface area contributed by atoms with E-state index in [0.717, 1.165) is 12.0 Å². The molecule has 1 unspecified atom stereocenters. The third-order valence-corrected chi connectivity index (χ3v) is 4.00. The van der Waals surface area contributed by atoms with Crippen LogP contribution in [0.25, 0.3) is 0 Å². The summed E-state index contributed by atoms with van der Waals surface area (Å²) >= 11 is 6.22. The van der Waals surface area contributed by atoms with E-state index in [9.17, 15) is 9.59 Å². The smallest absolute Gasteiger partial charge is 0.317 e. The Morgan fingerprint density at radius 1 is 1.37 bits per heavy atom. The minimum atomic E-state index is -0.000538. The van der Waals surface area contributed by atoms with Crippen molar-refractivity contribution >= 4 is 29.6 Å². The fourth-order valence-electron chi connectivity index (χ4n) is 2.77. The normalized spacial score (nSPS) is 22.2. The highest BCUT2D eigenvalue weighted by atomic mass is 35.5. The number of fused-ring (bicyclic) bond motifs is 1. The lowest BCUT2D eigenvalue weighted by atomic mass is 10.1. The van der Waals surface area contributed by atoms with Crippen LogP contribution in [0.4, 0.5) is 10.5 Å². The number of carbonyl (C=O) groups is 2. The van der Waals surface area contributed by atoms with Crippen LogP contribution in [0.1, 0.15) is 10.4 Å². The molecule has 3 rings (SSSR count). The zero-order valence-electron chi connectivity index (χ0n) is 10.3. The fraction of sp³-hybridized carbons (Fsp3) is 0.385. The third kappa shape index (κ3) is 2.04. The van der Waals surface area contributed by atoms with Crippen molar-refractivity contribution in [2.75, 3.05) is 31.1 Å². The summed E-state index contributed by atoms with van der Waals surface area (Å²) < 4.78 is 0. The van der Waals surface area contributed by atoms with Gasteiger partial charge in [0.05, 0.1) is 16.8 Å². The number of hydrogen-bond acceptors (Lipinski definition) is 3. The van der Waals surface area contributed by atoms with E-state index in [2.05, 4.69) is 10.2 Å². The van der Waals surface area contributed by atoms with Crippen LogP contribution in [0.5, 0.6) is 0 Å². The molecule has 5 nitrogen and oxygen atoms in total. The number of aldehydes is 1. The van der Waals surface area contributed by atoms with Gasteiger partial charge in [-0.05, 0) is 12.1 Å². The molecule has 2 amide bonds. The van der Waals surface area contributed by atoms with Gasteiger partial charge in [-0.25, -0.2) is 4.79 Å². The van der Waals surface area contributed by atoms with E-state index in [4.69, 9.17) is 11.6 Å². The van der Waals surface area contributed by atoms with Crippen molar-refractivity contribution in [1.29, 1.82) is 0 Å². The minimum Gasteiger partial charge on any atom is -0.366 e. The molecule has 1 atom stereocenters. The van der Waals surface area contributed by atoms with Gasteiger partial charge < -0.3 is 15.1 Å². The van der Waals surface area contributed by atoms with Gasteiger partial charge in [-0.3, -0.25) is 4.79 Å². The molecule has 19 heavy (non-hydrogen) atoms. The van der Waals surface area contributed by atoms with Crippen LogP contribution >= 0.6 is 11.6 Å². The van der Waals surface area contributed by atoms with Crippen LogP contribution in [0.3, 0.4) is 0 Å². The Morgan fingerprint density at radius 2 is 2.21 bits per heavy atom. The summed E-state index contributed by atoms with van der Waals surface area (Å²) in [5.41, 5.74) is 1.37. The lowest BCUT2D eigenvalue weighted by molar-refractivity contribution is 0.112. The van der Waals surface area contributed by atoms with Gasteiger partial charge in [0.2, 0.25) is 0 Å². The molecule has 0 radical (unpaired) electrons. The Balaban J connectivity index is 1.88. The molecule has 0 bridgehead atoms. The summed E-state index contributed by atoms with van der Waals surface area (Å²) in [6.45, 7) is 2.69. The van der Waals surface area contributed by atoms with E-state index in [-0.39, 0.29) is 12.1 Å². The van der Waals surface area contributed by atoms with Crippen LogP contribution in [0, 0.1) is 0 Å². The molecule has 0 saturated carbocycles. The van der Waals surface area contributed by atoms with Crippen molar-refractivity contribution in [3.05, 3.63) is 28.8 Å². The van der Waals surface area contributed by atoms with Gasteiger partial charge in [-0.1, -0.05) is 17.7 Å². The van der Waals surface area contributed by atoms with Gasteiger partial charge in [0, 0.05) is 31.7 Å². The number of nitrogens with one attached hydrogen (secondary N) is 1. The number of urea groups is 1. The molecule has 2 aliphatic heterocycles. The number of piperazine rings is 1. The standard InChI is InChI=1S/C13H14ClN3O2/c14-11-3-1-2-9(8-18)12(11)16-4-5-17-10(7-16)6-15-13(17)19/h1-3,8,10H,4-7H2,(H,15,19). The summed E-state index contributed by atoms with van der Waals surface area (Å²) in [6.07, 6.45) is 0.825. The maximum atomic E-state index is 11.6. The maximum Gasteiger partial charge on any atom is 0.317 e. The van der Waals surface area contributed by atoms with Crippen molar-refractivity contribution in [2.45, 2.75) is 6.04 Å². The Hall–Kier alpha value is -1.75. The van der Waals surface area contributed by atoms with Crippen LogP contribution in [-0.4, -0.2) is 49.4 Å². The molecular formula is C13H14ClN3O2. The number of halogens is 1. The molecule has 1 N–H and O–H groups in total. The van der Waals surface area contributed by atoms with Crippen molar-refractivity contribution in [3.63, 3.8) is 0 Å². The molecule has 0 aliphatic carbocycles. The molecule has 2 heterocycles. The molecule has 100 valence electrons. The maximum absolute atomic E-state index is 11.6. The third-order valence-electron chi connectivity index (χ3n) is 3.69. The molecule has 2 saturated heterocycles. The van der Waals surface area contributed by atoms with Gasteiger partial charge >= 0.3 is 6.03 Å². The SMILES string of the molecule is O=Cc1cccc(Cl)c1N1CCN2C(=O)NCC2C1. The fourth-order valence-corrected chi connectivity index (χ4v) is 3.07. The van der Waals surface area contributed by atoms with E-state index >= 15 is 0 Å². The topological polar surface area (TPSA) is 52.7 Å². The molecule has 2 fully saturated rings. The van der Waals surface area contributed by atoms with Crippen molar-refractivity contribution < 1.29 is 9.59 Å². The summed E-state index contributed by atoms with van der Waals surface area (Å²) in [5.74, 6) is 0. The predicted molar refractivity (Wildman–Crippen MR) is 72.9 cm³/mol. The molecule has 0 spiro atoms. The highest BCUT2D eigenvalue weighted by molar-refractivity contribution is 6.33. The first-order chi connectivity index (χ1) is 9.20.